The topological polar surface area (TPSA) is 60.1 Å². The highest BCUT2D eigenvalue weighted by molar-refractivity contribution is 6.00. The van der Waals surface area contributed by atoms with Crippen LogP contribution in [0.4, 0.5) is 0 Å². The lowest BCUT2D eigenvalue weighted by Gasteiger charge is -2.29. The van der Waals surface area contributed by atoms with Gasteiger partial charge in [-0.05, 0) is 12.5 Å². The first-order valence-corrected chi connectivity index (χ1v) is 6.25. The largest absolute Gasteiger partial charge is 0.302 e. The Balaban J connectivity index is 2.00. The van der Waals surface area contributed by atoms with E-state index in [0.29, 0.717) is 18.8 Å². The Hall–Kier alpha value is -2.37. The van der Waals surface area contributed by atoms with Crippen LogP contribution in [-0.4, -0.2) is 26.7 Å². The van der Waals surface area contributed by atoms with Gasteiger partial charge in [0.1, 0.15) is 12.0 Å². The molecule has 98 valence electrons. The van der Waals surface area contributed by atoms with E-state index in [2.05, 4.69) is 4.98 Å². The Morgan fingerprint density at radius 2 is 2.11 bits per heavy atom. The van der Waals surface area contributed by atoms with Gasteiger partial charge in [-0.1, -0.05) is 13.0 Å². The van der Waals surface area contributed by atoms with Crippen LogP contribution in [0.15, 0.2) is 35.5 Å². The first-order valence-electron chi connectivity index (χ1n) is 6.25. The van der Waals surface area contributed by atoms with Crippen molar-refractivity contribution in [3.63, 3.8) is 0 Å². The van der Waals surface area contributed by atoms with Crippen LogP contribution in [0.3, 0.4) is 0 Å². The molecule has 2 aromatic rings. The number of aromatic nitrogens is 3. The number of amides is 1. The number of fused-ring (bicyclic) bond motifs is 1. The highest BCUT2D eigenvalue weighted by Gasteiger charge is 2.25. The predicted octanol–water partition coefficient (Wildman–Crippen LogP) is 0.399. The van der Waals surface area contributed by atoms with E-state index < -0.39 is 0 Å². The quantitative estimate of drug-likeness (QED) is 0.783. The summed E-state index contributed by atoms with van der Waals surface area (Å²) in [5.74, 6) is -0.177. The average molecular weight is 258 g/mol. The van der Waals surface area contributed by atoms with Crippen molar-refractivity contribution in [2.75, 3.05) is 11.6 Å². The van der Waals surface area contributed by atoms with Crippen LogP contribution in [0, 0.1) is 0 Å². The number of nitrogens with zero attached hydrogens (tertiary/aromatic N) is 4. The predicted molar refractivity (Wildman–Crippen MR) is 69.7 cm³/mol. The Labute approximate surface area is 109 Å². The summed E-state index contributed by atoms with van der Waals surface area (Å²) < 4.78 is 3.21. The van der Waals surface area contributed by atoms with Crippen LogP contribution in [0.25, 0.3) is 0 Å². The zero-order valence-corrected chi connectivity index (χ0v) is 10.6. The summed E-state index contributed by atoms with van der Waals surface area (Å²) in [6, 6.07) is 4.76. The van der Waals surface area contributed by atoms with Crippen LogP contribution in [0.1, 0.15) is 23.1 Å². The van der Waals surface area contributed by atoms with E-state index >= 15 is 0 Å². The van der Waals surface area contributed by atoms with Crippen LogP contribution < -0.4 is 10.6 Å². The molecule has 1 amide bonds. The third-order valence-electron chi connectivity index (χ3n) is 3.30. The average Bonchev–Trinajstić information content (AvgIpc) is 2.89. The number of hydrogen-bond donors (Lipinski definition) is 0. The van der Waals surface area contributed by atoms with Crippen LogP contribution in [-0.2, 0) is 13.0 Å². The molecule has 3 rings (SSSR count). The summed E-state index contributed by atoms with van der Waals surface area (Å²) in [5, 5.41) is 1.60. The first kappa shape index (κ1) is 11.7. The molecule has 6 heteroatoms. The molecule has 1 aliphatic rings. The van der Waals surface area contributed by atoms with Gasteiger partial charge < -0.3 is 4.57 Å². The van der Waals surface area contributed by atoms with Crippen LogP contribution in [0.5, 0.6) is 0 Å². The van der Waals surface area contributed by atoms with E-state index in [-0.39, 0.29) is 11.5 Å². The lowest BCUT2D eigenvalue weighted by atomic mass is 10.2. The monoisotopic (exact) mass is 258 g/mol. The van der Waals surface area contributed by atoms with E-state index in [0.717, 1.165) is 12.1 Å². The van der Waals surface area contributed by atoms with Gasteiger partial charge in [-0.25, -0.2) is 14.7 Å². The second kappa shape index (κ2) is 4.38. The Kier molecular flexibility index (Phi) is 2.70. The number of aryl methyl sites for hydroxylation is 1. The van der Waals surface area contributed by atoms with Crippen LogP contribution in [0.2, 0.25) is 0 Å². The lowest BCUT2D eigenvalue weighted by Crippen LogP contribution is -2.49. The lowest BCUT2D eigenvalue weighted by molar-refractivity contribution is 0.0931. The van der Waals surface area contributed by atoms with Gasteiger partial charge in [-0.15, -0.1) is 0 Å². The zero-order chi connectivity index (χ0) is 13.4. The SMILES string of the molecule is CCc1cn(N2CCn3c(cccc3=O)C2=O)cn1. The van der Waals surface area contributed by atoms with E-state index in [1.165, 1.54) is 10.6 Å². The molecule has 0 spiro atoms. The molecule has 19 heavy (non-hydrogen) atoms. The van der Waals surface area contributed by atoms with E-state index in [1.54, 1.807) is 28.1 Å². The molecule has 0 atom stereocenters. The highest BCUT2D eigenvalue weighted by atomic mass is 16.2. The molecule has 0 fully saturated rings. The number of carbonyl (C=O) groups is 1. The number of carbonyl (C=O) groups excluding carboxylic acids is 1. The normalized spacial score (nSPS) is 14.6. The van der Waals surface area contributed by atoms with Crippen molar-refractivity contribution in [3.05, 3.63) is 52.5 Å². The van der Waals surface area contributed by atoms with E-state index in [9.17, 15) is 9.59 Å². The molecular formula is C13H14N4O2. The van der Waals surface area contributed by atoms with Gasteiger partial charge in [0.2, 0.25) is 0 Å². The summed E-state index contributed by atoms with van der Waals surface area (Å²) >= 11 is 0. The minimum atomic E-state index is -0.177. The zero-order valence-electron chi connectivity index (χ0n) is 10.6. The van der Waals surface area contributed by atoms with Crippen molar-refractivity contribution in [2.45, 2.75) is 19.9 Å². The third kappa shape index (κ3) is 1.85. The maximum atomic E-state index is 12.4. The number of imidazole rings is 1. The van der Waals surface area contributed by atoms with Gasteiger partial charge in [0.15, 0.2) is 0 Å². The minimum Gasteiger partial charge on any atom is -0.302 e. The Morgan fingerprint density at radius 1 is 1.26 bits per heavy atom. The van der Waals surface area contributed by atoms with Gasteiger partial charge in [0, 0.05) is 18.8 Å². The molecule has 3 heterocycles. The van der Waals surface area contributed by atoms with Crippen molar-refractivity contribution >= 4 is 5.91 Å². The summed E-state index contributed by atoms with van der Waals surface area (Å²) in [6.45, 7) is 2.98. The molecule has 0 N–H and O–H groups in total. The molecule has 0 aromatic carbocycles. The summed E-state index contributed by atoms with van der Waals surface area (Å²) in [7, 11) is 0. The van der Waals surface area contributed by atoms with Crippen molar-refractivity contribution < 1.29 is 4.79 Å². The highest BCUT2D eigenvalue weighted by Crippen LogP contribution is 2.10. The molecule has 6 nitrogen and oxygen atoms in total. The maximum absolute atomic E-state index is 12.4. The molecule has 0 saturated carbocycles. The fourth-order valence-corrected chi connectivity index (χ4v) is 2.25. The molecule has 2 aromatic heterocycles. The van der Waals surface area contributed by atoms with Crippen molar-refractivity contribution in [1.82, 2.24) is 14.2 Å². The number of pyridine rings is 1. The maximum Gasteiger partial charge on any atom is 0.289 e. The molecule has 0 aliphatic carbocycles. The second-order valence-electron chi connectivity index (χ2n) is 4.43. The molecule has 1 aliphatic heterocycles. The smallest absolute Gasteiger partial charge is 0.289 e. The van der Waals surface area contributed by atoms with Crippen LogP contribution >= 0.6 is 0 Å². The van der Waals surface area contributed by atoms with Crippen molar-refractivity contribution in [1.29, 1.82) is 0 Å². The number of hydrogen-bond acceptors (Lipinski definition) is 3. The summed E-state index contributed by atoms with van der Waals surface area (Å²) in [5.41, 5.74) is 1.22. The summed E-state index contributed by atoms with van der Waals surface area (Å²) in [4.78, 5) is 28.3. The van der Waals surface area contributed by atoms with Gasteiger partial charge in [-0.3, -0.25) is 9.59 Å². The van der Waals surface area contributed by atoms with Gasteiger partial charge in [-0.2, -0.15) is 0 Å². The molecule has 0 radical (unpaired) electrons. The van der Waals surface area contributed by atoms with Crippen molar-refractivity contribution in [2.24, 2.45) is 0 Å². The molecule has 0 unspecified atom stereocenters. The fourth-order valence-electron chi connectivity index (χ4n) is 2.25. The second-order valence-corrected chi connectivity index (χ2v) is 4.43. The third-order valence-corrected chi connectivity index (χ3v) is 3.30. The van der Waals surface area contributed by atoms with Gasteiger partial charge in [0.25, 0.3) is 11.5 Å². The Bertz CT molecular complexity index is 686. The Morgan fingerprint density at radius 3 is 2.84 bits per heavy atom. The minimum absolute atomic E-state index is 0.134. The molecular weight excluding hydrogens is 244 g/mol. The standard InChI is InChI=1S/C13H14N4O2/c1-2-10-8-15(9-14-10)17-7-6-16-11(13(17)19)4-3-5-12(16)18/h3-5,8-9H,2,6-7H2,1H3. The number of rotatable bonds is 2. The summed E-state index contributed by atoms with van der Waals surface area (Å²) in [6.07, 6.45) is 4.30. The molecule has 0 bridgehead atoms. The van der Waals surface area contributed by atoms with E-state index in [4.69, 9.17) is 0 Å². The van der Waals surface area contributed by atoms with E-state index in [1.807, 2.05) is 13.1 Å². The van der Waals surface area contributed by atoms with Crippen molar-refractivity contribution in [3.8, 4) is 0 Å². The van der Waals surface area contributed by atoms with Gasteiger partial charge >= 0.3 is 0 Å². The molecule has 0 saturated heterocycles. The fraction of sp³-hybridized carbons (Fsp3) is 0.308. The first-order chi connectivity index (χ1) is 9.20. The van der Waals surface area contributed by atoms with Gasteiger partial charge in [0.05, 0.1) is 12.2 Å².